The van der Waals surface area contributed by atoms with Gasteiger partial charge in [0.25, 0.3) is 0 Å². The standard InChI is InChI=1S/C58H100O6/c1-4-7-10-13-16-19-22-25-27-29-31-33-36-39-42-45-48-51-57(60)63-54-55(53-62-56(59)50-47-44-41-38-35-24-21-18-15-12-9-6-3)64-58(61)52-49-46-43-40-37-34-32-30-28-26-23-20-17-14-11-8-5-2/h7-8,10-11,16-17,19-20,25-28,55H,4-6,9,12-15,18,21-24,29-54H2,1-3H3/b10-7-,11-8-,19-16-,20-17-,27-25-,28-26-. The summed E-state index contributed by atoms with van der Waals surface area (Å²) < 4.78 is 16.8. The van der Waals surface area contributed by atoms with Crippen LogP contribution < -0.4 is 0 Å². The molecule has 0 saturated carbocycles. The highest BCUT2D eigenvalue weighted by Gasteiger charge is 2.19. The van der Waals surface area contributed by atoms with Crippen molar-refractivity contribution in [3.63, 3.8) is 0 Å². The van der Waals surface area contributed by atoms with Crippen LogP contribution >= 0.6 is 0 Å². The number of carbonyl (C=O) groups is 3. The third-order valence-electron chi connectivity index (χ3n) is 11.5. The molecule has 0 radical (unpaired) electrons. The van der Waals surface area contributed by atoms with Crippen molar-refractivity contribution >= 4 is 17.9 Å². The minimum Gasteiger partial charge on any atom is -0.462 e. The monoisotopic (exact) mass is 893 g/mol. The van der Waals surface area contributed by atoms with Gasteiger partial charge in [-0.1, -0.05) is 229 Å². The van der Waals surface area contributed by atoms with E-state index in [4.69, 9.17) is 14.2 Å². The van der Waals surface area contributed by atoms with E-state index >= 15 is 0 Å². The van der Waals surface area contributed by atoms with Crippen molar-refractivity contribution < 1.29 is 28.6 Å². The highest BCUT2D eigenvalue weighted by molar-refractivity contribution is 5.71. The van der Waals surface area contributed by atoms with Gasteiger partial charge in [0.15, 0.2) is 6.10 Å². The predicted molar refractivity (Wildman–Crippen MR) is 274 cm³/mol. The lowest BCUT2D eigenvalue weighted by atomic mass is 10.0. The normalized spacial score (nSPS) is 12.6. The lowest BCUT2D eigenvalue weighted by Gasteiger charge is -2.18. The molecule has 0 spiro atoms. The molecule has 0 aliphatic heterocycles. The summed E-state index contributed by atoms with van der Waals surface area (Å²) in [7, 11) is 0. The first kappa shape index (κ1) is 60.9. The molecule has 0 aliphatic carbocycles. The van der Waals surface area contributed by atoms with Crippen molar-refractivity contribution in [3.05, 3.63) is 72.9 Å². The molecule has 0 aromatic heterocycles. The molecule has 0 amide bonds. The number of carbonyl (C=O) groups excluding carboxylic acids is 3. The summed E-state index contributed by atoms with van der Waals surface area (Å²) in [6.07, 6.45) is 66.0. The Morgan fingerprint density at radius 1 is 0.328 bits per heavy atom. The molecule has 0 aliphatic rings. The molecule has 0 bridgehead atoms. The van der Waals surface area contributed by atoms with E-state index in [1.54, 1.807) is 0 Å². The fourth-order valence-corrected chi connectivity index (χ4v) is 7.47. The minimum absolute atomic E-state index is 0.0809. The largest absolute Gasteiger partial charge is 0.462 e. The topological polar surface area (TPSA) is 78.9 Å². The van der Waals surface area contributed by atoms with Crippen molar-refractivity contribution in [1.29, 1.82) is 0 Å². The van der Waals surface area contributed by atoms with Crippen LogP contribution in [0.25, 0.3) is 0 Å². The van der Waals surface area contributed by atoms with Crippen LogP contribution in [-0.4, -0.2) is 37.2 Å². The Morgan fingerprint density at radius 2 is 0.609 bits per heavy atom. The number of hydrogen-bond acceptors (Lipinski definition) is 6. The molecule has 64 heavy (non-hydrogen) atoms. The smallest absolute Gasteiger partial charge is 0.306 e. The molecule has 0 fully saturated rings. The minimum atomic E-state index is -0.783. The summed E-state index contributed by atoms with van der Waals surface area (Å²) in [6, 6.07) is 0. The van der Waals surface area contributed by atoms with Gasteiger partial charge in [-0.3, -0.25) is 14.4 Å². The van der Waals surface area contributed by atoms with Gasteiger partial charge >= 0.3 is 17.9 Å². The fraction of sp³-hybridized carbons (Fsp3) is 0.741. The van der Waals surface area contributed by atoms with Crippen LogP contribution in [0.3, 0.4) is 0 Å². The van der Waals surface area contributed by atoms with Crippen LogP contribution in [0, 0.1) is 0 Å². The second-order valence-corrected chi connectivity index (χ2v) is 17.7. The number of allylic oxidation sites excluding steroid dienone is 12. The molecule has 0 aromatic rings. The highest BCUT2D eigenvalue weighted by Crippen LogP contribution is 2.15. The van der Waals surface area contributed by atoms with Crippen molar-refractivity contribution in [2.75, 3.05) is 13.2 Å². The SMILES string of the molecule is CC/C=C\C/C=C\C/C=C\CCCCCCCCCC(=O)OCC(COC(=O)CCCCCCCCCCCCCC)OC(=O)CCCCCCCCC/C=C\C/C=C\C/C=C\CC. The van der Waals surface area contributed by atoms with E-state index in [9.17, 15) is 14.4 Å². The van der Waals surface area contributed by atoms with Gasteiger partial charge in [-0.2, -0.15) is 0 Å². The van der Waals surface area contributed by atoms with E-state index in [0.717, 1.165) is 109 Å². The Morgan fingerprint density at radius 3 is 0.953 bits per heavy atom. The molecule has 0 saturated heterocycles. The second kappa shape index (κ2) is 52.5. The first-order valence-electron chi connectivity index (χ1n) is 26.9. The molecule has 1 atom stereocenters. The van der Waals surface area contributed by atoms with Crippen LogP contribution in [0.1, 0.15) is 258 Å². The highest BCUT2D eigenvalue weighted by atomic mass is 16.6. The molecule has 368 valence electrons. The maximum absolute atomic E-state index is 12.8. The fourth-order valence-electron chi connectivity index (χ4n) is 7.47. The first-order valence-corrected chi connectivity index (χ1v) is 26.9. The number of esters is 3. The quantitative estimate of drug-likeness (QED) is 0.0262. The van der Waals surface area contributed by atoms with Gasteiger partial charge in [-0.05, 0) is 83.5 Å². The van der Waals surface area contributed by atoms with Gasteiger partial charge in [0.2, 0.25) is 0 Å². The Labute approximate surface area is 395 Å². The predicted octanol–water partition coefficient (Wildman–Crippen LogP) is 17.8. The van der Waals surface area contributed by atoms with Crippen LogP contribution in [0.5, 0.6) is 0 Å². The molecular formula is C58H100O6. The summed E-state index contributed by atoms with van der Waals surface area (Å²) in [5.41, 5.74) is 0. The zero-order valence-electron chi connectivity index (χ0n) is 42.0. The summed E-state index contributed by atoms with van der Waals surface area (Å²) in [4.78, 5) is 38.0. The number of ether oxygens (including phenoxy) is 3. The molecule has 0 aromatic carbocycles. The molecule has 1 unspecified atom stereocenters. The molecule has 0 N–H and O–H groups in total. The zero-order chi connectivity index (χ0) is 46.5. The summed E-state index contributed by atoms with van der Waals surface area (Å²) in [6.45, 7) is 6.41. The lowest BCUT2D eigenvalue weighted by molar-refractivity contribution is -0.167. The number of hydrogen-bond donors (Lipinski definition) is 0. The van der Waals surface area contributed by atoms with E-state index in [-0.39, 0.29) is 31.1 Å². The van der Waals surface area contributed by atoms with Crippen LogP contribution in [0.2, 0.25) is 0 Å². The third kappa shape index (κ3) is 49.9. The second-order valence-electron chi connectivity index (χ2n) is 17.7. The van der Waals surface area contributed by atoms with Crippen molar-refractivity contribution in [2.45, 2.75) is 264 Å². The Balaban J connectivity index is 4.39. The van der Waals surface area contributed by atoms with Crippen LogP contribution in [-0.2, 0) is 28.6 Å². The first-order chi connectivity index (χ1) is 31.5. The Bertz CT molecular complexity index is 1210. The van der Waals surface area contributed by atoms with Crippen molar-refractivity contribution in [1.82, 2.24) is 0 Å². The van der Waals surface area contributed by atoms with E-state index in [0.29, 0.717) is 19.3 Å². The van der Waals surface area contributed by atoms with Gasteiger partial charge in [-0.25, -0.2) is 0 Å². The average molecular weight is 893 g/mol. The number of rotatable bonds is 48. The van der Waals surface area contributed by atoms with Crippen molar-refractivity contribution in [3.8, 4) is 0 Å². The Hall–Kier alpha value is -3.15. The van der Waals surface area contributed by atoms with E-state index in [1.807, 2.05) is 0 Å². The van der Waals surface area contributed by atoms with E-state index in [1.165, 1.54) is 109 Å². The molecule has 6 heteroatoms. The van der Waals surface area contributed by atoms with Gasteiger partial charge in [0, 0.05) is 19.3 Å². The zero-order valence-corrected chi connectivity index (χ0v) is 42.0. The van der Waals surface area contributed by atoms with Gasteiger partial charge in [0.05, 0.1) is 0 Å². The third-order valence-corrected chi connectivity index (χ3v) is 11.5. The molecule has 0 rings (SSSR count). The number of unbranched alkanes of at least 4 members (excludes halogenated alkanes) is 25. The van der Waals surface area contributed by atoms with Crippen LogP contribution in [0.15, 0.2) is 72.9 Å². The maximum Gasteiger partial charge on any atom is 0.306 e. The van der Waals surface area contributed by atoms with Gasteiger partial charge < -0.3 is 14.2 Å². The molecule has 6 nitrogen and oxygen atoms in total. The van der Waals surface area contributed by atoms with Gasteiger partial charge in [-0.15, -0.1) is 0 Å². The van der Waals surface area contributed by atoms with E-state index < -0.39 is 6.10 Å². The van der Waals surface area contributed by atoms with Crippen LogP contribution in [0.4, 0.5) is 0 Å². The lowest BCUT2D eigenvalue weighted by Crippen LogP contribution is -2.30. The Kier molecular flexibility index (Phi) is 49.9. The summed E-state index contributed by atoms with van der Waals surface area (Å²) in [5, 5.41) is 0. The maximum atomic E-state index is 12.8. The summed E-state index contributed by atoms with van der Waals surface area (Å²) in [5.74, 6) is -0.896. The van der Waals surface area contributed by atoms with Gasteiger partial charge in [0.1, 0.15) is 13.2 Å². The average Bonchev–Trinajstić information content (AvgIpc) is 3.29. The molecule has 0 heterocycles. The summed E-state index contributed by atoms with van der Waals surface area (Å²) >= 11 is 0. The van der Waals surface area contributed by atoms with Crippen molar-refractivity contribution in [2.24, 2.45) is 0 Å². The molecular weight excluding hydrogens is 793 g/mol. The van der Waals surface area contributed by atoms with E-state index in [2.05, 4.69) is 93.7 Å².